The van der Waals surface area contributed by atoms with Crippen molar-refractivity contribution >= 4 is 11.9 Å². The number of ether oxygens (including phenoxy) is 1. The molecule has 5 nitrogen and oxygen atoms in total. The van der Waals surface area contributed by atoms with Crippen molar-refractivity contribution in [2.45, 2.75) is 175 Å². The molecule has 0 aromatic carbocycles. The molecule has 0 rings (SSSR count). The summed E-state index contributed by atoms with van der Waals surface area (Å²) in [6.07, 6.45) is 18.3. The monoisotopic (exact) mass is 500 g/mol. The predicted octanol–water partition coefficient (Wildman–Crippen LogP) is 10.3. The van der Waals surface area contributed by atoms with Gasteiger partial charge in [-0.25, -0.2) is 0 Å². The number of hydrogen-bond donors (Lipinski definition) is 2. The van der Waals surface area contributed by atoms with Crippen molar-refractivity contribution in [2.75, 3.05) is 6.61 Å². The zero-order valence-corrected chi connectivity index (χ0v) is 16.8. The van der Waals surface area contributed by atoms with Crippen molar-refractivity contribution in [3.05, 3.63) is 0 Å². The molecular formula is C29H73NO4. The lowest BCUT2D eigenvalue weighted by atomic mass is 10.0. The van der Waals surface area contributed by atoms with Crippen LogP contribution in [0.25, 0.3) is 0 Å². The molecule has 218 valence electrons. The van der Waals surface area contributed by atoms with Crippen LogP contribution in [-0.2, 0) is 14.3 Å². The molecule has 0 saturated carbocycles. The molecule has 0 spiro atoms. The summed E-state index contributed by atoms with van der Waals surface area (Å²) in [6.45, 7) is 2.69. The van der Waals surface area contributed by atoms with Crippen LogP contribution in [0.15, 0.2) is 0 Å². The van der Waals surface area contributed by atoms with Crippen molar-refractivity contribution in [1.29, 1.82) is 0 Å². The number of carbonyl (C=O) groups is 2. The van der Waals surface area contributed by atoms with Crippen LogP contribution in [0.2, 0.25) is 0 Å². The largest absolute Gasteiger partial charge is 0.480 e. The molecule has 0 heterocycles. The molecule has 0 aliphatic heterocycles. The van der Waals surface area contributed by atoms with Crippen LogP contribution in [0.1, 0.15) is 169 Å². The molecular weight excluding hydrogens is 426 g/mol. The van der Waals surface area contributed by atoms with E-state index in [2.05, 4.69) is 6.92 Å². The molecule has 34 heavy (non-hydrogen) atoms. The van der Waals surface area contributed by atoms with Crippen molar-refractivity contribution in [3.63, 3.8) is 0 Å². The minimum atomic E-state index is -1.08. The SMILES string of the molecule is C.C.C.C.C.C.C.C.CCCCCCCCCCCCCCCCOC(=O)CC[C@H](N)C(=O)O. The predicted molar refractivity (Wildman–Crippen MR) is 160 cm³/mol. The zero-order valence-electron chi connectivity index (χ0n) is 16.8. The van der Waals surface area contributed by atoms with E-state index in [1.165, 1.54) is 77.0 Å². The summed E-state index contributed by atoms with van der Waals surface area (Å²) < 4.78 is 5.09. The lowest BCUT2D eigenvalue weighted by Gasteiger charge is -2.07. The Hall–Kier alpha value is -1.10. The third-order valence-corrected chi connectivity index (χ3v) is 4.74. The molecule has 3 N–H and O–H groups in total. The number of hydrogen-bond acceptors (Lipinski definition) is 4. The van der Waals surface area contributed by atoms with Gasteiger partial charge in [0, 0.05) is 6.42 Å². The van der Waals surface area contributed by atoms with E-state index in [-0.39, 0.29) is 78.2 Å². The molecule has 0 aromatic rings. The minimum absolute atomic E-state index is 0. The molecule has 0 bridgehead atoms. The lowest BCUT2D eigenvalue weighted by molar-refractivity contribution is -0.144. The van der Waals surface area contributed by atoms with Crippen molar-refractivity contribution in [3.8, 4) is 0 Å². The van der Waals surface area contributed by atoms with Gasteiger partial charge < -0.3 is 15.6 Å². The van der Waals surface area contributed by atoms with Gasteiger partial charge in [-0.15, -0.1) is 0 Å². The minimum Gasteiger partial charge on any atom is -0.480 e. The number of esters is 1. The van der Waals surface area contributed by atoms with Crippen molar-refractivity contribution in [1.82, 2.24) is 0 Å². The van der Waals surface area contributed by atoms with E-state index in [4.69, 9.17) is 15.6 Å². The standard InChI is InChI=1S/C21H41NO4.8CH4/c1-2-3-4-5-6-7-8-9-10-11-12-13-14-15-18-26-20(23)17-16-19(22)21(24)25;;;;;;;;/h19H,2-18,22H2,1H3,(H,24,25);8*1H4/t19-;;;;;;;;/m0......../s1. The highest BCUT2D eigenvalue weighted by Gasteiger charge is 2.13. The maximum Gasteiger partial charge on any atom is 0.320 e. The van der Waals surface area contributed by atoms with Gasteiger partial charge in [-0.3, -0.25) is 9.59 Å². The molecule has 5 heteroatoms. The normalized spacial score (nSPS) is 9.24. The quantitative estimate of drug-likeness (QED) is 0.136. The Kier molecular flexibility index (Phi) is 78.3. The van der Waals surface area contributed by atoms with Crippen LogP contribution in [-0.4, -0.2) is 29.7 Å². The molecule has 1 atom stereocenters. The van der Waals surface area contributed by atoms with Crippen molar-refractivity contribution in [2.24, 2.45) is 5.73 Å². The summed E-state index contributed by atoms with van der Waals surface area (Å²) in [6, 6.07) is -0.983. The van der Waals surface area contributed by atoms with E-state index in [0.717, 1.165) is 12.8 Å². The van der Waals surface area contributed by atoms with Gasteiger partial charge in [-0.2, -0.15) is 0 Å². The number of nitrogens with two attached hydrogens (primary N) is 1. The Morgan fingerprint density at radius 1 is 0.647 bits per heavy atom. The molecule has 0 saturated heterocycles. The molecule has 0 radical (unpaired) electrons. The van der Waals surface area contributed by atoms with E-state index in [1.807, 2.05) is 0 Å². The van der Waals surface area contributed by atoms with Crippen LogP contribution in [0.3, 0.4) is 0 Å². The smallest absolute Gasteiger partial charge is 0.320 e. The van der Waals surface area contributed by atoms with E-state index in [1.54, 1.807) is 0 Å². The second-order valence-electron chi connectivity index (χ2n) is 7.30. The van der Waals surface area contributed by atoms with Gasteiger partial charge in [0.1, 0.15) is 6.04 Å². The highest BCUT2D eigenvalue weighted by atomic mass is 16.5. The summed E-state index contributed by atoms with van der Waals surface area (Å²) in [5, 5.41) is 8.63. The summed E-state index contributed by atoms with van der Waals surface area (Å²) >= 11 is 0. The summed E-state index contributed by atoms with van der Waals surface area (Å²) in [5.41, 5.74) is 5.34. The van der Waals surface area contributed by atoms with Gasteiger partial charge in [0.2, 0.25) is 0 Å². The summed E-state index contributed by atoms with van der Waals surface area (Å²) in [4.78, 5) is 22.0. The van der Waals surface area contributed by atoms with E-state index < -0.39 is 12.0 Å². The van der Waals surface area contributed by atoms with Crippen LogP contribution in [0.4, 0.5) is 0 Å². The third-order valence-electron chi connectivity index (χ3n) is 4.74. The number of aliphatic carboxylic acids is 1. The van der Waals surface area contributed by atoms with Gasteiger partial charge in [0.05, 0.1) is 6.61 Å². The van der Waals surface area contributed by atoms with Gasteiger partial charge >= 0.3 is 11.9 Å². The fraction of sp³-hybridized carbons (Fsp3) is 0.931. The molecule has 0 amide bonds. The Balaban J connectivity index is -0.000000112. The number of unbranched alkanes of at least 4 members (excludes halogenated alkanes) is 13. The van der Waals surface area contributed by atoms with Crippen molar-refractivity contribution < 1.29 is 19.4 Å². The molecule has 0 unspecified atom stereocenters. The maximum absolute atomic E-state index is 11.4. The number of carboxylic acids is 1. The Bertz CT molecular complexity index is 349. The van der Waals surface area contributed by atoms with E-state index in [0.29, 0.717) is 6.61 Å². The number of carboxylic acid groups (broad SMARTS) is 1. The van der Waals surface area contributed by atoms with E-state index in [9.17, 15) is 9.59 Å². The first kappa shape index (κ1) is 58.6. The molecule has 0 fully saturated rings. The lowest BCUT2D eigenvalue weighted by Crippen LogP contribution is -2.30. The average molecular weight is 500 g/mol. The van der Waals surface area contributed by atoms with Gasteiger partial charge in [-0.1, -0.05) is 150 Å². The van der Waals surface area contributed by atoms with Crippen LogP contribution in [0.5, 0.6) is 0 Å². The highest BCUT2D eigenvalue weighted by Crippen LogP contribution is 2.13. The maximum atomic E-state index is 11.4. The van der Waals surface area contributed by atoms with E-state index >= 15 is 0 Å². The second-order valence-corrected chi connectivity index (χ2v) is 7.30. The molecule has 0 aliphatic carbocycles. The molecule has 0 aliphatic rings. The number of carbonyl (C=O) groups excluding carboxylic acids is 1. The summed E-state index contributed by atoms with van der Waals surface area (Å²) in [5.74, 6) is -1.43. The first-order chi connectivity index (χ1) is 12.6. The van der Waals surface area contributed by atoms with Crippen LogP contribution < -0.4 is 5.73 Å². The van der Waals surface area contributed by atoms with Crippen LogP contribution in [0, 0.1) is 0 Å². The Morgan fingerprint density at radius 3 is 1.29 bits per heavy atom. The van der Waals surface area contributed by atoms with Gasteiger partial charge in [-0.05, 0) is 12.8 Å². The Morgan fingerprint density at radius 2 is 0.971 bits per heavy atom. The first-order valence-electron chi connectivity index (χ1n) is 10.7. The fourth-order valence-corrected chi connectivity index (χ4v) is 2.95. The number of rotatable bonds is 19. The Labute approximate surface area is 219 Å². The second kappa shape index (κ2) is 45.4. The molecule has 0 aromatic heterocycles. The van der Waals surface area contributed by atoms with Gasteiger partial charge in [0.15, 0.2) is 0 Å². The highest BCUT2D eigenvalue weighted by molar-refractivity contribution is 5.75. The third kappa shape index (κ3) is 44.6. The fourth-order valence-electron chi connectivity index (χ4n) is 2.95. The topological polar surface area (TPSA) is 89.6 Å². The van der Waals surface area contributed by atoms with Gasteiger partial charge in [0.25, 0.3) is 0 Å². The average Bonchev–Trinajstić information content (AvgIpc) is 2.62. The van der Waals surface area contributed by atoms with Crippen LogP contribution >= 0.6 is 0 Å². The summed E-state index contributed by atoms with van der Waals surface area (Å²) in [7, 11) is 0. The first-order valence-corrected chi connectivity index (χ1v) is 10.7. The zero-order chi connectivity index (χ0) is 19.5.